The van der Waals surface area contributed by atoms with Crippen molar-refractivity contribution in [1.29, 1.82) is 0 Å². The molecule has 8 heteroatoms. The number of nitrogens with one attached hydrogen (secondary N) is 1. The standard InChI is InChI=1S/C23H26N6O2/c1-17-8-9-20(18(2)14-17)26-22-21(29(30)31)23(25-16-24-22)28-12-10-27(11-13-28)15-19-6-4-3-5-7-19/h3-9,14,16H,10-13,15H2,1-2H3,(H,24,25,26). The van der Waals surface area contributed by atoms with Gasteiger partial charge in [0.25, 0.3) is 0 Å². The van der Waals surface area contributed by atoms with Gasteiger partial charge in [0.2, 0.25) is 11.6 Å². The van der Waals surface area contributed by atoms with Crippen LogP contribution in [0, 0.1) is 24.0 Å². The molecule has 160 valence electrons. The molecule has 0 saturated carbocycles. The predicted octanol–water partition coefficient (Wildman–Crippen LogP) is 4.07. The van der Waals surface area contributed by atoms with Crippen molar-refractivity contribution in [3.63, 3.8) is 0 Å². The highest BCUT2D eigenvalue weighted by atomic mass is 16.6. The summed E-state index contributed by atoms with van der Waals surface area (Å²) in [4.78, 5) is 24.4. The van der Waals surface area contributed by atoms with Gasteiger partial charge in [0, 0.05) is 38.4 Å². The minimum absolute atomic E-state index is 0.0843. The highest BCUT2D eigenvalue weighted by Crippen LogP contribution is 2.34. The Morgan fingerprint density at radius 2 is 1.77 bits per heavy atom. The van der Waals surface area contributed by atoms with Crippen LogP contribution in [0.5, 0.6) is 0 Å². The summed E-state index contributed by atoms with van der Waals surface area (Å²) in [6.07, 6.45) is 1.39. The first-order valence-corrected chi connectivity index (χ1v) is 10.4. The van der Waals surface area contributed by atoms with E-state index in [1.807, 2.05) is 55.1 Å². The first-order valence-electron chi connectivity index (χ1n) is 10.4. The Labute approximate surface area is 181 Å². The monoisotopic (exact) mass is 418 g/mol. The summed E-state index contributed by atoms with van der Waals surface area (Å²) in [6.45, 7) is 7.84. The lowest BCUT2D eigenvalue weighted by Crippen LogP contribution is -2.46. The van der Waals surface area contributed by atoms with E-state index in [0.717, 1.165) is 36.4 Å². The number of nitro groups is 1. The molecule has 1 N–H and O–H groups in total. The van der Waals surface area contributed by atoms with Crippen LogP contribution in [-0.2, 0) is 6.54 Å². The Morgan fingerprint density at radius 1 is 1.03 bits per heavy atom. The summed E-state index contributed by atoms with van der Waals surface area (Å²) in [7, 11) is 0. The van der Waals surface area contributed by atoms with Gasteiger partial charge in [-0.1, -0.05) is 48.0 Å². The molecule has 8 nitrogen and oxygen atoms in total. The SMILES string of the molecule is Cc1ccc(Nc2ncnc(N3CCN(Cc4ccccc4)CC3)c2[N+](=O)[O-])c(C)c1. The van der Waals surface area contributed by atoms with Crippen LogP contribution in [0.3, 0.4) is 0 Å². The Hall–Kier alpha value is -3.52. The number of aryl methyl sites for hydroxylation is 2. The van der Waals surface area contributed by atoms with Gasteiger partial charge in [-0.25, -0.2) is 9.97 Å². The molecule has 0 bridgehead atoms. The maximum atomic E-state index is 12.0. The number of piperazine rings is 1. The molecule has 0 radical (unpaired) electrons. The number of aromatic nitrogens is 2. The van der Waals surface area contributed by atoms with E-state index in [-0.39, 0.29) is 11.5 Å². The molecule has 1 aliphatic rings. The normalized spacial score (nSPS) is 14.5. The second-order valence-electron chi connectivity index (χ2n) is 7.84. The average Bonchev–Trinajstić information content (AvgIpc) is 2.77. The summed E-state index contributed by atoms with van der Waals surface area (Å²) < 4.78 is 0. The maximum Gasteiger partial charge on any atom is 0.353 e. The van der Waals surface area contributed by atoms with Crippen molar-refractivity contribution in [3.05, 3.63) is 81.7 Å². The Bertz CT molecular complexity index is 1060. The van der Waals surface area contributed by atoms with Crippen LogP contribution in [0.25, 0.3) is 0 Å². The summed E-state index contributed by atoms with van der Waals surface area (Å²) >= 11 is 0. The van der Waals surface area contributed by atoms with E-state index >= 15 is 0 Å². The molecule has 1 aromatic heterocycles. The average molecular weight is 419 g/mol. The molecular weight excluding hydrogens is 392 g/mol. The zero-order valence-electron chi connectivity index (χ0n) is 17.8. The lowest BCUT2D eigenvalue weighted by Gasteiger charge is -2.35. The molecule has 4 rings (SSSR count). The van der Waals surface area contributed by atoms with Gasteiger partial charge in [-0.3, -0.25) is 15.0 Å². The van der Waals surface area contributed by atoms with E-state index in [1.54, 1.807) is 0 Å². The fraction of sp³-hybridized carbons (Fsp3) is 0.304. The molecule has 2 aromatic carbocycles. The van der Waals surface area contributed by atoms with Crippen LogP contribution in [0.15, 0.2) is 54.9 Å². The Kier molecular flexibility index (Phi) is 6.08. The van der Waals surface area contributed by atoms with Gasteiger partial charge in [-0.15, -0.1) is 0 Å². The van der Waals surface area contributed by atoms with Crippen LogP contribution in [0.4, 0.5) is 23.0 Å². The number of nitrogens with zero attached hydrogens (tertiary/aromatic N) is 5. The first-order chi connectivity index (χ1) is 15.0. The van der Waals surface area contributed by atoms with Crippen molar-refractivity contribution in [2.24, 2.45) is 0 Å². The quantitative estimate of drug-likeness (QED) is 0.477. The van der Waals surface area contributed by atoms with Crippen molar-refractivity contribution >= 4 is 23.0 Å². The van der Waals surface area contributed by atoms with Gasteiger partial charge in [-0.2, -0.15) is 0 Å². The molecule has 1 saturated heterocycles. The lowest BCUT2D eigenvalue weighted by molar-refractivity contribution is -0.383. The number of anilines is 3. The number of hydrogen-bond acceptors (Lipinski definition) is 7. The van der Waals surface area contributed by atoms with Crippen LogP contribution < -0.4 is 10.2 Å². The number of benzene rings is 2. The predicted molar refractivity (Wildman–Crippen MR) is 122 cm³/mol. The molecule has 0 spiro atoms. The summed E-state index contributed by atoms with van der Waals surface area (Å²) in [5.74, 6) is 0.584. The van der Waals surface area contributed by atoms with Gasteiger partial charge >= 0.3 is 5.69 Å². The van der Waals surface area contributed by atoms with E-state index < -0.39 is 4.92 Å². The van der Waals surface area contributed by atoms with E-state index in [1.165, 1.54) is 11.9 Å². The molecular formula is C23H26N6O2. The molecule has 0 amide bonds. The molecule has 0 unspecified atom stereocenters. The van der Waals surface area contributed by atoms with Crippen LogP contribution >= 0.6 is 0 Å². The van der Waals surface area contributed by atoms with E-state index in [9.17, 15) is 10.1 Å². The largest absolute Gasteiger partial charge is 0.353 e. The second-order valence-corrected chi connectivity index (χ2v) is 7.84. The molecule has 3 aromatic rings. The smallest absolute Gasteiger partial charge is 0.348 e. The zero-order chi connectivity index (χ0) is 21.8. The van der Waals surface area contributed by atoms with Crippen LogP contribution in [0.1, 0.15) is 16.7 Å². The fourth-order valence-corrected chi connectivity index (χ4v) is 3.90. The first kappa shape index (κ1) is 20.7. The number of hydrogen-bond donors (Lipinski definition) is 1. The van der Waals surface area contributed by atoms with E-state index in [2.05, 4.69) is 32.3 Å². The zero-order valence-corrected chi connectivity index (χ0v) is 17.8. The van der Waals surface area contributed by atoms with E-state index in [4.69, 9.17) is 0 Å². The minimum atomic E-state index is -0.391. The molecule has 0 atom stereocenters. The Morgan fingerprint density at radius 3 is 2.45 bits per heavy atom. The van der Waals surface area contributed by atoms with Crippen LogP contribution in [0.2, 0.25) is 0 Å². The maximum absolute atomic E-state index is 12.0. The Balaban J connectivity index is 1.52. The van der Waals surface area contributed by atoms with Crippen molar-refractivity contribution in [2.75, 3.05) is 36.4 Å². The second kappa shape index (κ2) is 9.09. The summed E-state index contributed by atoms with van der Waals surface area (Å²) in [5.41, 5.74) is 4.12. The molecule has 1 fully saturated rings. The summed E-state index contributed by atoms with van der Waals surface area (Å²) in [6, 6.07) is 16.2. The van der Waals surface area contributed by atoms with Gasteiger partial charge in [0.1, 0.15) is 6.33 Å². The van der Waals surface area contributed by atoms with Gasteiger partial charge in [0.05, 0.1) is 4.92 Å². The third-order valence-corrected chi connectivity index (χ3v) is 5.54. The topological polar surface area (TPSA) is 87.4 Å². The highest BCUT2D eigenvalue weighted by Gasteiger charge is 2.29. The third kappa shape index (κ3) is 4.80. The van der Waals surface area contributed by atoms with Gasteiger partial charge < -0.3 is 10.2 Å². The lowest BCUT2D eigenvalue weighted by atomic mass is 10.1. The highest BCUT2D eigenvalue weighted by molar-refractivity contribution is 5.75. The van der Waals surface area contributed by atoms with Gasteiger partial charge in [0.15, 0.2) is 0 Å². The van der Waals surface area contributed by atoms with Crippen molar-refractivity contribution in [2.45, 2.75) is 20.4 Å². The minimum Gasteiger partial charge on any atom is -0.348 e. The number of rotatable bonds is 6. The summed E-state index contributed by atoms with van der Waals surface area (Å²) in [5, 5.41) is 15.1. The molecule has 1 aliphatic heterocycles. The van der Waals surface area contributed by atoms with Crippen LogP contribution in [-0.4, -0.2) is 46.0 Å². The van der Waals surface area contributed by atoms with E-state index in [0.29, 0.717) is 18.9 Å². The fourth-order valence-electron chi connectivity index (χ4n) is 3.90. The molecule has 0 aliphatic carbocycles. The van der Waals surface area contributed by atoms with Crippen molar-refractivity contribution < 1.29 is 4.92 Å². The van der Waals surface area contributed by atoms with Gasteiger partial charge in [-0.05, 0) is 31.0 Å². The van der Waals surface area contributed by atoms with Crippen molar-refractivity contribution in [1.82, 2.24) is 14.9 Å². The van der Waals surface area contributed by atoms with Crippen molar-refractivity contribution in [3.8, 4) is 0 Å². The molecule has 31 heavy (non-hydrogen) atoms. The molecule has 2 heterocycles. The third-order valence-electron chi connectivity index (χ3n) is 5.54.